The SMILES string of the molecule is C=S1CC(=O)C(C)(O)C1. The Labute approximate surface area is 56.8 Å². The molecule has 2 atom stereocenters. The molecule has 0 aromatic carbocycles. The second kappa shape index (κ2) is 1.92. The molecule has 0 aromatic heterocycles. The van der Waals surface area contributed by atoms with Crippen molar-refractivity contribution < 1.29 is 9.90 Å². The van der Waals surface area contributed by atoms with Gasteiger partial charge in [0.05, 0.1) is 0 Å². The van der Waals surface area contributed by atoms with Crippen LogP contribution in [0.15, 0.2) is 0 Å². The first-order valence-electron chi connectivity index (χ1n) is 2.75. The van der Waals surface area contributed by atoms with Crippen LogP contribution >= 0.6 is 10.5 Å². The van der Waals surface area contributed by atoms with Gasteiger partial charge in [0.25, 0.3) is 0 Å². The van der Waals surface area contributed by atoms with Crippen LogP contribution in [0, 0.1) is 0 Å². The van der Waals surface area contributed by atoms with Crippen LogP contribution in [0.3, 0.4) is 0 Å². The van der Waals surface area contributed by atoms with Gasteiger partial charge in [-0.05, 0) is 6.92 Å². The van der Waals surface area contributed by atoms with E-state index in [0.29, 0.717) is 11.5 Å². The molecular formula is C6H10O2S. The minimum Gasteiger partial charge on any atom is -0.381 e. The molecule has 1 N–H and O–H groups in total. The van der Waals surface area contributed by atoms with Crippen molar-refractivity contribution in [3.63, 3.8) is 0 Å². The zero-order valence-electron chi connectivity index (χ0n) is 5.39. The molecule has 1 aliphatic heterocycles. The standard InChI is InChI=1S/C6H10O2S/c1-6(8)4-9(2)3-5(6)7/h8H,2-4H2,1H3. The van der Waals surface area contributed by atoms with Gasteiger partial charge < -0.3 is 5.11 Å². The molecule has 2 unspecified atom stereocenters. The number of carbonyl (C=O) groups excluding carboxylic acids is 1. The quantitative estimate of drug-likeness (QED) is 0.489. The van der Waals surface area contributed by atoms with Gasteiger partial charge in [-0.3, -0.25) is 4.79 Å². The number of rotatable bonds is 0. The first kappa shape index (κ1) is 6.96. The van der Waals surface area contributed by atoms with Gasteiger partial charge in [0.2, 0.25) is 0 Å². The fraction of sp³-hybridized carbons (Fsp3) is 0.667. The monoisotopic (exact) mass is 146 g/mol. The summed E-state index contributed by atoms with van der Waals surface area (Å²) in [6.07, 6.45) is 0. The Hall–Kier alpha value is -0.150. The van der Waals surface area contributed by atoms with Crippen molar-refractivity contribution in [3.05, 3.63) is 0 Å². The van der Waals surface area contributed by atoms with Gasteiger partial charge in [0.15, 0.2) is 5.78 Å². The predicted octanol–water partition coefficient (Wildman–Crippen LogP) is 0.0210. The predicted molar refractivity (Wildman–Crippen MR) is 40.1 cm³/mol. The van der Waals surface area contributed by atoms with Crippen molar-refractivity contribution in [1.82, 2.24) is 0 Å². The average Bonchev–Trinajstić information content (AvgIpc) is 1.79. The van der Waals surface area contributed by atoms with E-state index in [4.69, 9.17) is 0 Å². The summed E-state index contributed by atoms with van der Waals surface area (Å²) in [5.41, 5.74) is -1.06. The molecule has 0 saturated carbocycles. The van der Waals surface area contributed by atoms with Gasteiger partial charge in [-0.2, -0.15) is 10.5 Å². The number of carbonyl (C=O) groups is 1. The van der Waals surface area contributed by atoms with Gasteiger partial charge in [-0.25, -0.2) is 0 Å². The topological polar surface area (TPSA) is 37.3 Å². The first-order chi connectivity index (χ1) is 4.02. The van der Waals surface area contributed by atoms with Crippen LogP contribution in [-0.4, -0.2) is 33.9 Å². The van der Waals surface area contributed by atoms with E-state index in [2.05, 4.69) is 5.87 Å². The fourth-order valence-corrected chi connectivity index (χ4v) is 2.61. The van der Waals surface area contributed by atoms with E-state index in [1.165, 1.54) is 0 Å². The molecule has 1 aliphatic rings. The van der Waals surface area contributed by atoms with E-state index in [9.17, 15) is 9.90 Å². The second-order valence-corrected chi connectivity index (χ2v) is 4.40. The third-order valence-corrected chi connectivity index (χ3v) is 3.06. The Morgan fingerprint density at radius 2 is 2.44 bits per heavy atom. The summed E-state index contributed by atoms with van der Waals surface area (Å²) in [7, 11) is -0.122. The first-order valence-corrected chi connectivity index (χ1v) is 4.48. The van der Waals surface area contributed by atoms with Gasteiger partial charge in [0, 0.05) is 11.5 Å². The maximum Gasteiger partial charge on any atom is 0.174 e. The van der Waals surface area contributed by atoms with E-state index >= 15 is 0 Å². The zero-order chi connectivity index (χ0) is 7.07. The molecular weight excluding hydrogens is 136 g/mol. The highest BCUT2D eigenvalue weighted by atomic mass is 32.2. The van der Waals surface area contributed by atoms with Crippen LogP contribution in [0.4, 0.5) is 0 Å². The van der Waals surface area contributed by atoms with Gasteiger partial charge in [0.1, 0.15) is 5.60 Å². The molecule has 1 rings (SSSR count). The zero-order valence-corrected chi connectivity index (χ0v) is 6.20. The lowest BCUT2D eigenvalue weighted by molar-refractivity contribution is -0.129. The summed E-state index contributed by atoms with van der Waals surface area (Å²) >= 11 is 0. The average molecular weight is 146 g/mol. The lowest BCUT2D eigenvalue weighted by atomic mass is 10.1. The Bertz CT molecular complexity index is 172. The third kappa shape index (κ3) is 1.22. The highest BCUT2D eigenvalue weighted by Crippen LogP contribution is 2.28. The summed E-state index contributed by atoms with van der Waals surface area (Å²) in [5.74, 6) is 4.69. The van der Waals surface area contributed by atoms with E-state index in [1.807, 2.05) is 0 Å². The van der Waals surface area contributed by atoms with Gasteiger partial charge in [-0.1, -0.05) is 5.87 Å². The number of aliphatic hydroxyl groups is 1. The Morgan fingerprint density at radius 3 is 2.56 bits per heavy atom. The van der Waals surface area contributed by atoms with Crippen molar-refractivity contribution in [2.24, 2.45) is 0 Å². The van der Waals surface area contributed by atoms with Crippen molar-refractivity contribution in [2.75, 3.05) is 11.5 Å². The summed E-state index contributed by atoms with van der Waals surface area (Å²) < 4.78 is 0. The van der Waals surface area contributed by atoms with Crippen LogP contribution in [0.2, 0.25) is 0 Å². The van der Waals surface area contributed by atoms with Crippen molar-refractivity contribution in [2.45, 2.75) is 12.5 Å². The van der Waals surface area contributed by atoms with Crippen LogP contribution < -0.4 is 0 Å². The molecule has 1 fully saturated rings. The minimum absolute atomic E-state index is 0.0548. The molecule has 1 heterocycles. The number of hydrogen-bond donors (Lipinski definition) is 1. The van der Waals surface area contributed by atoms with Crippen molar-refractivity contribution in [1.29, 1.82) is 0 Å². The molecule has 0 bridgehead atoms. The summed E-state index contributed by atoms with van der Waals surface area (Å²) in [4.78, 5) is 10.8. The molecule has 3 heteroatoms. The number of ketones is 1. The highest BCUT2D eigenvalue weighted by Gasteiger charge is 2.36. The summed E-state index contributed by atoms with van der Waals surface area (Å²) in [6, 6.07) is 0. The number of Topliss-reactive ketones (excluding diaryl/α,β-unsaturated/α-hetero) is 1. The molecule has 1 saturated heterocycles. The molecule has 0 spiro atoms. The second-order valence-electron chi connectivity index (χ2n) is 2.60. The van der Waals surface area contributed by atoms with E-state index in [0.717, 1.165) is 0 Å². The Balaban J connectivity index is 2.81. The molecule has 52 valence electrons. The van der Waals surface area contributed by atoms with Crippen LogP contribution in [0.25, 0.3) is 0 Å². The molecule has 0 aromatic rings. The van der Waals surface area contributed by atoms with E-state index < -0.39 is 5.60 Å². The third-order valence-electron chi connectivity index (χ3n) is 1.42. The largest absolute Gasteiger partial charge is 0.381 e. The lowest BCUT2D eigenvalue weighted by Crippen LogP contribution is -2.32. The Kier molecular flexibility index (Phi) is 1.49. The fourth-order valence-electron chi connectivity index (χ4n) is 0.870. The Morgan fingerprint density at radius 1 is 1.89 bits per heavy atom. The normalized spacial score (nSPS) is 43.8. The van der Waals surface area contributed by atoms with Crippen molar-refractivity contribution >= 4 is 22.1 Å². The highest BCUT2D eigenvalue weighted by molar-refractivity contribution is 8.15. The summed E-state index contributed by atoms with van der Waals surface area (Å²) in [6.45, 7) is 1.56. The van der Waals surface area contributed by atoms with E-state index in [1.54, 1.807) is 6.92 Å². The van der Waals surface area contributed by atoms with E-state index in [-0.39, 0.29) is 16.3 Å². The molecule has 0 amide bonds. The van der Waals surface area contributed by atoms with Crippen molar-refractivity contribution in [3.8, 4) is 0 Å². The van der Waals surface area contributed by atoms with Gasteiger partial charge >= 0.3 is 0 Å². The maximum absolute atomic E-state index is 10.8. The molecule has 0 aliphatic carbocycles. The molecule has 0 radical (unpaired) electrons. The smallest absolute Gasteiger partial charge is 0.174 e. The van der Waals surface area contributed by atoms with Crippen LogP contribution in [0.5, 0.6) is 0 Å². The molecule has 9 heavy (non-hydrogen) atoms. The minimum atomic E-state index is -1.06. The maximum atomic E-state index is 10.8. The lowest BCUT2D eigenvalue weighted by Gasteiger charge is -2.10. The number of hydrogen-bond acceptors (Lipinski definition) is 2. The van der Waals surface area contributed by atoms with Gasteiger partial charge in [-0.15, -0.1) is 0 Å². The van der Waals surface area contributed by atoms with Crippen LogP contribution in [-0.2, 0) is 4.79 Å². The van der Waals surface area contributed by atoms with Crippen LogP contribution in [0.1, 0.15) is 6.92 Å². The molecule has 2 nitrogen and oxygen atoms in total. The summed E-state index contributed by atoms with van der Waals surface area (Å²) in [5, 5.41) is 9.25.